The van der Waals surface area contributed by atoms with E-state index in [1.54, 1.807) is 0 Å². The molecule has 132 valence electrons. The maximum absolute atomic E-state index is 12.6. The average molecular weight is 351 g/mol. The smallest absolute Gasteiger partial charge is 0.284 e. The summed E-state index contributed by atoms with van der Waals surface area (Å²) < 4.78 is 2.69. The molecule has 2 heterocycles. The largest absolute Gasteiger partial charge is 0.340 e. The lowest BCUT2D eigenvalue weighted by Gasteiger charge is -2.19. The van der Waals surface area contributed by atoms with Gasteiger partial charge in [-0.2, -0.15) is 9.94 Å². The van der Waals surface area contributed by atoms with Gasteiger partial charge in [-0.15, -0.1) is 5.10 Å². The molecule has 26 heavy (non-hydrogen) atoms. The third-order valence-corrected chi connectivity index (χ3v) is 3.96. The van der Waals surface area contributed by atoms with Crippen molar-refractivity contribution < 1.29 is 4.79 Å². The van der Waals surface area contributed by atoms with E-state index in [1.807, 2.05) is 43.3 Å². The molecule has 3 aromatic rings. The number of benzene rings is 1. The van der Waals surface area contributed by atoms with Gasteiger partial charge < -0.3 is 4.90 Å². The van der Waals surface area contributed by atoms with Crippen molar-refractivity contribution in [3.63, 3.8) is 0 Å². The van der Waals surface area contributed by atoms with Crippen molar-refractivity contribution in [3.05, 3.63) is 47.0 Å². The van der Waals surface area contributed by atoms with Crippen LogP contribution in [0, 0.1) is 11.3 Å². The van der Waals surface area contributed by atoms with Crippen molar-refractivity contribution in [2.75, 3.05) is 13.1 Å². The Morgan fingerprint density at radius 3 is 2.77 bits per heavy atom. The average Bonchev–Trinajstić information content (AvgIpc) is 3.10. The summed E-state index contributed by atoms with van der Waals surface area (Å²) in [5.74, 6) is -0.249. The Morgan fingerprint density at radius 1 is 1.31 bits per heavy atom. The summed E-state index contributed by atoms with van der Waals surface area (Å²) in [7, 11) is 0. The van der Waals surface area contributed by atoms with Crippen LogP contribution in [0.15, 0.2) is 41.5 Å². The fraction of sp³-hybridized carbons (Fsp3) is 0.294. The standard InChI is InChI=1S/C17H17N7O2/c1-2-22(10-6-9-18)14(25)11-23-12-19-16-15(17(23)26)20-21-24(16)13-7-4-3-5-8-13/h3-5,7-8,12H,2,6,10-11H2,1H3. The molecule has 9 nitrogen and oxygen atoms in total. The van der Waals surface area contributed by atoms with Crippen LogP contribution in [0.1, 0.15) is 13.3 Å². The third kappa shape index (κ3) is 3.30. The molecule has 0 radical (unpaired) electrons. The van der Waals surface area contributed by atoms with Crippen LogP contribution in [-0.2, 0) is 11.3 Å². The second kappa shape index (κ2) is 7.57. The Balaban J connectivity index is 1.90. The summed E-state index contributed by atoms with van der Waals surface area (Å²) in [5, 5.41) is 16.6. The van der Waals surface area contributed by atoms with Crippen LogP contribution in [0.3, 0.4) is 0 Å². The van der Waals surface area contributed by atoms with Crippen molar-refractivity contribution in [2.24, 2.45) is 0 Å². The third-order valence-electron chi connectivity index (χ3n) is 3.96. The first kappa shape index (κ1) is 17.3. The van der Waals surface area contributed by atoms with Crippen LogP contribution in [0.25, 0.3) is 16.9 Å². The summed E-state index contributed by atoms with van der Waals surface area (Å²) in [6, 6.07) is 11.3. The predicted octanol–water partition coefficient (Wildman–Crippen LogP) is 0.739. The van der Waals surface area contributed by atoms with Gasteiger partial charge in [-0.05, 0) is 19.1 Å². The number of hydrogen-bond acceptors (Lipinski definition) is 6. The summed E-state index contributed by atoms with van der Waals surface area (Å²) >= 11 is 0. The lowest BCUT2D eigenvalue weighted by atomic mass is 10.3. The Hall–Kier alpha value is -3.54. The molecule has 0 aliphatic heterocycles. The maximum atomic E-state index is 12.6. The van der Waals surface area contributed by atoms with Gasteiger partial charge in [-0.25, -0.2) is 4.98 Å². The molecule has 1 aromatic carbocycles. The fourth-order valence-electron chi connectivity index (χ4n) is 2.59. The van der Waals surface area contributed by atoms with E-state index < -0.39 is 5.56 Å². The highest BCUT2D eigenvalue weighted by atomic mass is 16.2. The first-order chi connectivity index (χ1) is 12.7. The Labute approximate surface area is 149 Å². The molecular weight excluding hydrogens is 334 g/mol. The molecule has 0 saturated carbocycles. The van der Waals surface area contributed by atoms with Crippen molar-refractivity contribution >= 4 is 17.1 Å². The molecule has 1 amide bonds. The van der Waals surface area contributed by atoms with Crippen LogP contribution < -0.4 is 5.56 Å². The minimum atomic E-state index is -0.429. The van der Waals surface area contributed by atoms with E-state index >= 15 is 0 Å². The highest BCUT2D eigenvalue weighted by Gasteiger charge is 2.17. The Bertz CT molecular complexity index is 1020. The zero-order valence-electron chi connectivity index (χ0n) is 14.2. The number of aromatic nitrogens is 5. The van der Waals surface area contributed by atoms with Gasteiger partial charge in [0.15, 0.2) is 11.2 Å². The van der Waals surface area contributed by atoms with E-state index in [4.69, 9.17) is 5.26 Å². The van der Waals surface area contributed by atoms with Crippen LogP contribution >= 0.6 is 0 Å². The van der Waals surface area contributed by atoms with Crippen LogP contribution in [0.2, 0.25) is 0 Å². The Kier molecular flexibility index (Phi) is 5.03. The number of hydrogen-bond donors (Lipinski definition) is 0. The van der Waals surface area contributed by atoms with Gasteiger partial charge in [0.2, 0.25) is 5.91 Å². The number of carbonyl (C=O) groups excluding carboxylic acids is 1. The molecule has 0 saturated heterocycles. The van der Waals surface area contributed by atoms with E-state index in [9.17, 15) is 9.59 Å². The summed E-state index contributed by atoms with van der Waals surface area (Å²) in [6.45, 7) is 2.47. The zero-order valence-corrected chi connectivity index (χ0v) is 14.2. The zero-order chi connectivity index (χ0) is 18.5. The van der Waals surface area contributed by atoms with Gasteiger partial charge in [0.05, 0.1) is 18.2 Å². The minimum absolute atomic E-state index is 0.101. The number of nitrogens with zero attached hydrogens (tertiary/aromatic N) is 7. The van der Waals surface area contributed by atoms with Crippen molar-refractivity contribution in [1.29, 1.82) is 5.26 Å². The molecule has 9 heteroatoms. The molecular formula is C17H17N7O2. The molecule has 0 fully saturated rings. The normalized spacial score (nSPS) is 10.6. The van der Waals surface area contributed by atoms with Crippen molar-refractivity contribution in [1.82, 2.24) is 29.4 Å². The molecule has 0 unspecified atom stereocenters. The molecule has 3 rings (SSSR count). The summed E-state index contributed by atoms with van der Waals surface area (Å²) in [5.41, 5.74) is 0.747. The van der Waals surface area contributed by atoms with Gasteiger partial charge in [-0.1, -0.05) is 23.4 Å². The number of rotatable bonds is 6. The SMILES string of the molecule is CCN(CCC#N)C(=O)Cn1cnc2c(nnn2-c2ccccc2)c1=O. The lowest BCUT2D eigenvalue weighted by molar-refractivity contribution is -0.131. The number of nitriles is 1. The van der Waals surface area contributed by atoms with Crippen molar-refractivity contribution in [2.45, 2.75) is 19.9 Å². The van der Waals surface area contributed by atoms with Gasteiger partial charge in [0.25, 0.3) is 5.56 Å². The molecule has 0 atom stereocenters. The highest BCUT2D eigenvalue weighted by molar-refractivity contribution is 5.76. The van der Waals surface area contributed by atoms with E-state index in [2.05, 4.69) is 15.3 Å². The molecule has 0 spiro atoms. The molecule has 0 aliphatic rings. The van der Waals surface area contributed by atoms with E-state index in [0.29, 0.717) is 18.7 Å². The molecule has 0 aliphatic carbocycles. The van der Waals surface area contributed by atoms with Crippen LogP contribution in [0.5, 0.6) is 0 Å². The van der Waals surface area contributed by atoms with Gasteiger partial charge in [-0.3, -0.25) is 14.2 Å². The molecule has 0 N–H and O–H groups in total. The van der Waals surface area contributed by atoms with E-state index in [-0.39, 0.29) is 24.4 Å². The predicted molar refractivity (Wildman–Crippen MR) is 93.4 cm³/mol. The van der Waals surface area contributed by atoms with Crippen LogP contribution in [-0.4, -0.2) is 48.4 Å². The summed E-state index contributed by atoms with van der Waals surface area (Å²) in [4.78, 5) is 30.8. The molecule has 0 bridgehead atoms. The monoisotopic (exact) mass is 351 g/mol. The van der Waals surface area contributed by atoms with Gasteiger partial charge in [0, 0.05) is 13.1 Å². The Morgan fingerprint density at radius 2 is 2.08 bits per heavy atom. The first-order valence-corrected chi connectivity index (χ1v) is 8.16. The van der Waals surface area contributed by atoms with Gasteiger partial charge >= 0.3 is 0 Å². The number of carbonyl (C=O) groups is 1. The lowest BCUT2D eigenvalue weighted by Crippen LogP contribution is -2.37. The van der Waals surface area contributed by atoms with Crippen LogP contribution in [0.4, 0.5) is 0 Å². The van der Waals surface area contributed by atoms with Gasteiger partial charge in [0.1, 0.15) is 12.9 Å². The topological polar surface area (TPSA) is 110 Å². The maximum Gasteiger partial charge on any atom is 0.284 e. The quantitative estimate of drug-likeness (QED) is 0.648. The summed E-state index contributed by atoms with van der Waals surface area (Å²) in [6.07, 6.45) is 1.57. The number of para-hydroxylation sites is 1. The second-order valence-electron chi connectivity index (χ2n) is 5.57. The fourth-order valence-corrected chi connectivity index (χ4v) is 2.59. The minimum Gasteiger partial charge on any atom is -0.340 e. The number of amides is 1. The van der Waals surface area contributed by atoms with Crippen molar-refractivity contribution in [3.8, 4) is 11.8 Å². The number of fused-ring (bicyclic) bond motifs is 1. The van der Waals surface area contributed by atoms with E-state index in [1.165, 1.54) is 20.5 Å². The second-order valence-corrected chi connectivity index (χ2v) is 5.57. The highest BCUT2D eigenvalue weighted by Crippen LogP contribution is 2.11. The van der Waals surface area contributed by atoms with E-state index in [0.717, 1.165) is 5.69 Å². The first-order valence-electron chi connectivity index (χ1n) is 8.16. The number of likely N-dealkylation sites (N-methyl/N-ethyl adjacent to an activating group) is 1. The molecule has 2 aromatic heterocycles.